The Bertz CT molecular complexity index is 1430. The molecule has 34 heavy (non-hydrogen) atoms. The number of fused-ring (bicyclic) bond motifs is 1. The van der Waals surface area contributed by atoms with Gasteiger partial charge < -0.3 is 10.6 Å². The first-order valence-corrected chi connectivity index (χ1v) is 12.1. The van der Waals surface area contributed by atoms with Crippen LogP contribution in [0.15, 0.2) is 71.7 Å². The van der Waals surface area contributed by atoms with Crippen molar-refractivity contribution in [2.75, 3.05) is 0 Å². The number of nitrogens with zero attached hydrogens (tertiary/aromatic N) is 2. The fourth-order valence-corrected chi connectivity index (χ4v) is 5.35. The summed E-state index contributed by atoms with van der Waals surface area (Å²) < 4.78 is 1.52. The Balaban J connectivity index is 1.25. The Morgan fingerprint density at radius 3 is 2.44 bits per heavy atom. The molecule has 4 aromatic rings. The first-order chi connectivity index (χ1) is 16.5. The van der Waals surface area contributed by atoms with Gasteiger partial charge in [0.1, 0.15) is 9.98 Å². The van der Waals surface area contributed by atoms with Crippen LogP contribution in [0.2, 0.25) is 5.15 Å². The summed E-state index contributed by atoms with van der Waals surface area (Å²) in [6.45, 7) is 0. The van der Waals surface area contributed by atoms with E-state index in [1.54, 1.807) is 54.7 Å². The molecule has 1 fully saturated rings. The van der Waals surface area contributed by atoms with Crippen molar-refractivity contribution in [1.29, 1.82) is 0 Å². The van der Waals surface area contributed by atoms with Gasteiger partial charge in [0.05, 0.1) is 4.88 Å². The van der Waals surface area contributed by atoms with Gasteiger partial charge in [0.2, 0.25) is 0 Å². The summed E-state index contributed by atoms with van der Waals surface area (Å²) in [4.78, 5) is 43.2. The number of hydrogen-bond acceptors (Lipinski definition) is 5. The van der Waals surface area contributed by atoms with Gasteiger partial charge in [-0.1, -0.05) is 17.7 Å². The number of nitrogens with one attached hydrogen (secondary N) is 2. The van der Waals surface area contributed by atoms with Gasteiger partial charge >= 0.3 is 0 Å². The van der Waals surface area contributed by atoms with Crippen LogP contribution in [-0.4, -0.2) is 33.4 Å². The molecule has 2 atom stereocenters. The minimum Gasteiger partial charge on any atom is -0.347 e. The van der Waals surface area contributed by atoms with Gasteiger partial charge in [-0.05, 0) is 67.8 Å². The quantitative estimate of drug-likeness (QED) is 0.409. The average Bonchev–Trinajstić information content (AvgIpc) is 3.46. The van der Waals surface area contributed by atoms with Gasteiger partial charge in [-0.3, -0.25) is 19.0 Å². The lowest BCUT2D eigenvalue weighted by atomic mass is 10.1. The lowest BCUT2D eigenvalue weighted by Crippen LogP contribution is -2.48. The Morgan fingerprint density at radius 2 is 1.71 bits per heavy atom. The molecule has 0 saturated heterocycles. The van der Waals surface area contributed by atoms with Crippen LogP contribution < -0.4 is 16.2 Å². The molecule has 1 aliphatic carbocycles. The van der Waals surface area contributed by atoms with Crippen LogP contribution >= 0.6 is 22.9 Å². The van der Waals surface area contributed by atoms with Gasteiger partial charge in [-0.15, -0.1) is 11.3 Å². The summed E-state index contributed by atoms with van der Waals surface area (Å²) in [6, 6.07) is 16.9. The standard InChI is InChI=1S/C25H21ClN4O3S/c26-21-12-9-16-14-20(34-25(16)29-21)24(33)28-19-5-3-4-18(19)27-23(32)15-7-10-17(11-8-15)30-13-2-1-6-22(30)31/h1-2,6-14,18-19H,3-5H2,(H,27,32)(H,28,33). The summed E-state index contributed by atoms with van der Waals surface area (Å²) in [5.74, 6) is -0.387. The van der Waals surface area contributed by atoms with E-state index >= 15 is 0 Å². The zero-order chi connectivity index (χ0) is 23.7. The molecule has 1 aliphatic rings. The largest absolute Gasteiger partial charge is 0.347 e. The minimum absolute atomic E-state index is 0.137. The molecular weight excluding hydrogens is 472 g/mol. The summed E-state index contributed by atoms with van der Waals surface area (Å²) in [7, 11) is 0. The molecule has 1 saturated carbocycles. The van der Waals surface area contributed by atoms with Crippen molar-refractivity contribution in [3.8, 4) is 5.69 Å². The number of aromatic nitrogens is 2. The molecular formula is C25H21ClN4O3S. The highest BCUT2D eigenvalue weighted by Crippen LogP contribution is 2.26. The lowest BCUT2D eigenvalue weighted by Gasteiger charge is -2.22. The number of carbonyl (C=O) groups is 2. The van der Waals surface area contributed by atoms with E-state index in [0.29, 0.717) is 21.3 Å². The van der Waals surface area contributed by atoms with Crippen LogP contribution in [0.5, 0.6) is 0 Å². The second kappa shape index (κ2) is 9.40. The highest BCUT2D eigenvalue weighted by atomic mass is 35.5. The minimum atomic E-state index is -0.209. The molecule has 1 aromatic carbocycles. The van der Waals surface area contributed by atoms with E-state index in [9.17, 15) is 14.4 Å². The van der Waals surface area contributed by atoms with Crippen molar-refractivity contribution >= 4 is 45.0 Å². The fraction of sp³-hybridized carbons (Fsp3) is 0.200. The second-order valence-corrected chi connectivity index (χ2v) is 9.60. The number of pyridine rings is 2. The predicted molar refractivity (Wildman–Crippen MR) is 133 cm³/mol. The molecule has 2 unspecified atom stereocenters. The highest BCUT2D eigenvalue weighted by Gasteiger charge is 2.30. The maximum atomic E-state index is 12.9. The number of halogens is 1. The summed E-state index contributed by atoms with van der Waals surface area (Å²) in [6.07, 6.45) is 4.18. The number of hydrogen-bond donors (Lipinski definition) is 2. The van der Waals surface area contributed by atoms with E-state index in [2.05, 4.69) is 15.6 Å². The number of thiophene rings is 1. The maximum absolute atomic E-state index is 12.9. The van der Waals surface area contributed by atoms with E-state index in [0.717, 1.165) is 29.5 Å². The van der Waals surface area contributed by atoms with E-state index in [1.165, 1.54) is 22.0 Å². The van der Waals surface area contributed by atoms with Gasteiger partial charge in [0.25, 0.3) is 17.4 Å². The first-order valence-electron chi connectivity index (χ1n) is 10.9. The molecule has 5 rings (SSSR count). The molecule has 2 amide bonds. The molecule has 3 aromatic heterocycles. The van der Waals surface area contributed by atoms with Gasteiger partial charge in [-0.2, -0.15) is 0 Å². The molecule has 3 heterocycles. The third kappa shape index (κ3) is 4.60. The van der Waals surface area contributed by atoms with Crippen LogP contribution in [0.25, 0.3) is 15.9 Å². The zero-order valence-corrected chi connectivity index (χ0v) is 19.6. The second-order valence-electron chi connectivity index (χ2n) is 8.19. The number of carbonyl (C=O) groups excluding carboxylic acids is 2. The van der Waals surface area contributed by atoms with Crippen LogP contribution in [0.3, 0.4) is 0 Å². The third-order valence-electron chi connectivity index (χ3n) is 5.95. The number of amides is 2. The molecule has 0 spiro atoms. The van der Waals surface area contributed by atoms with Crippen molar-refractivity contribution in [2.24, 2.45) is 0 Å². The van der Waals surface area contributed by atoms with E-state index in [4.69, 9.17) is 11.6 Å². The normalized spacial score (nSPS) is 17.6. The zero-order valence-electron chi connectivity index (χ0n) is 18.0. The Labute approximate surface area is 204 Å². The molecule has 9 heteroatoms. The van der Waals surface area contributed by atoms with E-state index in [1.807, 2.05) is 6.07 Å². The predicted octanol–water partition coefficient (Wildman–Crippen LogP) is 4.18. The van der Waals surface area contributed by atoms with Gasteiger partial charge in [0, 0.05) is 41.0 Å². The molecule has 0 bridgehead atoms. The SMILES string of the molecule is O=C(NC1CCCC1NC(=O)c1cc2ccc(Cl)nc2s1)c1ccc(-n2ccccc2=O)cc1. The van der Waals surface area contributed by atoms with Gasteiger partial charge in [-0.25, -0.2) is 4.98 Å². The third-order valence-corrected chi connectivity index (χ3v) is 7.21. The van der Waals surface area contributed by atoms with Crippen molar-refractivity contribution in [2.45, 2.75) is 31.3 Å². The van der Waals surface area contributed by atoms with Crippen molar-refractivity contribution in [1.82, 2.24) is 20.2 Å². The average molecular weight is 493 g/mol. The van der Waals surface area contributed by atoms with Crippen LogP contribution in [-0.2, 0) is 0 Å². The van der Waals surface area contributed by atoms with E-state index in [-0.39, 0.29) is 29.5 Å². The molecule has 0 aliphatic heterocycles. The summed E-state index contributed by atoms with van der Waals surface area (Å²) >= 11 is 7.25. The van der Waals surface area contributed by atoms with Gasteiger partial charge in [0.15, 0.2) is 0 Å². The molecule has 7 nitrogen and oxygen atoms in total. The molecule has 172 valence electrons. The van der Waals surface area contributed by atoms with Crippen LogP contribution in [0.1, 0.15) is 39.3 Å². The summed E-state index contributed by atoms with van der Waals surface area (Å²) in [5, 5.41) is 7.40. The fourth-order valence-electron chi connectivity index (χ4n) is 4.22. The van der Waals surface area contributed by atoms with E-state index < -0.39 is 0 Å². The smallest absolute Gasteiger partial charge is 0.261 e. The number of benzene rings is 1. The lowest BCUT2D eigenvalue weighted by molar-refractivity contribution is 0.0894. The van der Waals surface area contributed by atoms with Crippen molar-refractivity contribution < 1.29 is 9.59 Å². The topological polar surface area (TPSA) is 93.1 Å². The summed E-state index contributed by atoms with van der Waals surface area (Å²) in [5.41, 5.74) is 1.05. The maximum Gasteiger partial charge on any atom is 0.261 e. The Kier molecular flexibility index (Phi) is 6.17. The monoisotopic (exact) mass is 492 g/mol. The Morgan fingerprint density at radius 1 is 0.971 bits per heavy atom. The molecule has 0 radical (unpaired) electrons. The molecule has 2 N–H and O–H groups in total. The Hall–Kier alpha value is -3.49. The highest BCUT2D eigenvalue weighted by molar-refractivity contribution is 7.20. The number of rotatable bonds is 5. The first kappa shape index (κ1) is 22.3. The van der Waals surface area contributed by atoms with Crippen LogP contribution in [0.4, 0.5) is 0 Å². The van der Waals surface area contributed by atoms with Crippen LogP contribution in [0, 0.1) is 0 Å². The van der Waals surface area contributed by atoms with Crippen molar-refractivity contribution in [3.05, 3.63) is 92.8 Å². The van der Waals surface area contributed by atoms with Crippen molar-refractivity contribution in [3.63, 3.8) is 0 Å².